The number of carbonyl (C=O) groups excluding carboxylic acids is 2. The third-order valence-corrected chi connectivity index (χ3v) is 5.20. The monoisotopic (exact) mass is 420 g/mol. The van der Waals surface area contributed by atoms with E-state index in [0.29, 0.717) is 47.5 Å². The second-order valence-corrected chi connectivity index (χ2v) is 7.14. The molecule has 0 bridgehead atoms. The van der Waals surface area contributed by atoms with Crippen LogP contribution < -0.4 is 9.64 Å². The Labute approximate surface area is 181 Å². The normalized spacial score (nSPS) is 10.6. The fourth-order valence-electron chi connectivity index (χ4n) is 3.35. The van der Waals surface area contributed by atoms with Gasteiger partial charge in [0.2, 0.25) is 11.8 Å². The van der Waals surface area contributed by atoms with Crippen LogP contribution in [-0.4, -0.2) is 30.8 Å². The van der Waals surface area contributed by atoms with Crippen LogP contribution in [-0.2, 0) is 11.2 Å². The summed E-state index contributed by atoms with van der Waals surface area (Å²) in [4.78, 5) is 30.0. The van der Waals surface area contributed by atoms with E-state index >= 15 is 0 Å². The first-order valence-electron chi connectivity index (χ1n) is 10.1. The Morgan fingerprint density at radius 3 is 2.48 bits per heavy atom. The number of halogens is 1. The zero-order valence-electron chi connectivity index (χ0n) is 17.9. The molecule has 1 aromatic heterocycles. The average molecular weight is 420 g/mol. The quantitative estimate of drug-likeness (QED) is 0.477. The molecule has 31 heavy (non-hydrogen) atoms. The molecular formula is C25H25FN2O3. The second-order valence-electron chi connectivity index (χ2n) is 7.14. The third-order valence-electron chi connectivity index (χ3n) is 5.20. The number of rotatable bonds is 8. The molecule has 5 nitrogen and oxygen atoms in total. The van der Waals surface area contributed by atoms with Crippen LogP contribution in [0.15, 0.2) is 60.8 Å². The molecule has 3 rings (SSSR count). The smallest absolute Gasteiger partial charge is 0.226 e. The lowest BCUT2D eigenvalue weighted by molar-refractivity contribution is -0.118. The second kappa shape index (κ2) is 9.98. The van der Waals surface area contributed by atoms with Gasteiger partial charge in [0, 0.05) is 48.5 Å². The lowest BCUT2D eigenvalue weighted by Crippen LogP contribution is -2.25. The van der Waals surface area contributed by atoms with Crippen molar-refractivity contribution >= 4 is 17.4 Å². The van der Waals surface area contributed by atoms with Crippen LogP contribution in [0.3, 0.4) is 0 Å². The zero-order valence-corrected chi connectivity index (χ0v) is 17.9. The highest BCUT2D eigenvalue weighted by atomic mass is 19.1. The minimum atomic E-state index is -0.420. The molecule has 0 aliphatic heterocycles. The molecule has 0 atom stereocenters. The average Bonchev–Trinajstić information content (AvgIpc) is 2.81. The summed E-state index contributed by atoms with van der Waals surface area (Å²) in [7, 11) is 3.18. The third kappa shape index (κ3) is 5.15. The van der Waals surface area contributed by atoms with Gasteiger partial charge in [-0.25, -0.2) is 9.37 Å². The number of ketones is 1. The van der Waals surface area contributed by atoms with Gasteiger partial charge in [-0.15, -0.1) is 0 Å². The summed E-state index contributed by atoms with van der Waals surface area (Å²) in [6.07, 6.45) is 2.84. The number of Topliss-reactive ketones (excluding diaryl/α,β-unsaturated/α-hetero) is 1. The number of anilines is 1. The molecule has 0 spiro atoms. The van der Waals surface area contributed by atoms with Crippen molar-refractivity contribution in [2.45, 2.75) is 26.2 Å². The number of benzene rings is 2. The van der Waals surface area contributed by atoms with Crippen molar-refractivity contribution < 1.29 is 18.7 Å². The Bertz CT molecular complexity index is 1080. The van der Waals surface area contributed by atoms with Crippen LogP contribution in [0.1, 0.15) is 35.7 Å². The van der Waals surface area contributed by atoms with Crippen LogP contribution >= 0.6 is 0 Å². The van der Waals surface area contributed by atoms with Crippen LogP contribution in [0.5, 0.6) is 5.88 Å². The van der Waals surface area contributed by atoms with Crippen LogP contribution in [0.4, 0.5) is 10.1 Å². The number of methoxy groups -OCH3 is 1. The zero-order chi connectivity index (χ0) is 22.4. The molecule has 0 fully saturated rings. The van der Waals surface area contributed by atoms with Crippen molar-refractivity contribution in [2.75, 3.05) is 19.1 Å². The summed E-state index contributed by atoms with van der Waals surface area (Å²) in [6.45, 7) is 1.76. The van der Waals surface area contributed by atoms with Crippen molar-refractivity contribution in [3.8, 4) is 17.0 Å². The fraction of sp³-hybridized carbons (Fsp3) is 0.240. The van der Waals surface area contributed by atoms with Gasteiger partial charge in [-0.2, -0.15) is 0 Å². The molecule has 0 saturated carbocycles. The molecule has 6 heteroatoms. The number of hydrogen-bond donors (Lipinski definition) is 0. The Kier molecular flexibility index (Phi) is 7.13. The molecule has 1 heterocycles. The highest BCUT2D eigenvalue weighted by Crippen LogP contribution is 2.27. The number of ether oxygens (including phenoxy) is 1. The van der Waals surface area contributed by atoms with E-state index < -0.39 is 5.82 Å². The largest absolute Gasteiger partial charge is 0.481 e. The Morgan fingerprint density at radius 1 is 1.10 bits per heavy atom. The molecule has 1 amide bonds. The van der Waals surface area contributed by atoms with E-state index in [2.05, 4.69) is 4.98 Å². The molecule has 0 radical (unpaired) electrons. The van der Waals surface area contributed by atoms with E-state index in [1.54, 1.807) is 63.7 Å². The molecule has 2 aromatic carbocycles. The number of hydrogen-bond acceptors (Lipinski definition) is 4. The van der Waals surface area contributed by atoms with E-state index in [9.17, 15) is 14.0 Å². The molecule has 3 aromatic rings. The highest BCUT2D eigenvalue weighted by molar-refractivity contribution is 5.96. The van der Waals surface area contributed by atoms with Gasteiger partial charge in [-0.3, -0.25) is 9.59 Å². The maximum absolute atomic E-state index is 14.7. The van der Waals surface area contributed by atoms with Crippen LogP contribution in [0.2, 0.25) is 0 Å². The maximum atomic E-state index is 14.7. The summed E-state index contributed by atoms with van der Waals surface area (Å²) in [5.41, 5.74) is 3.03. The van der Waals surface area contributed by atoms with Gasteiger partial charge in [0.05, 0.1) is 7.11 Å². The molecule has 0 N–H and O–H groups in total. The van der Waals surface area contributed by atoms with E-state index in [1.807, 2.05) is 12.1 Å². The van der Waals surface area contributed by atoms with Gasteiger partial charge in [0.15, 0.2) is 5.78 Å². The summed E-state index contributed by atoms with van der Waals surface area (Å²) in [6, 6.07) is 15.3. The molecule has 0 aliphatic carbocycles. The molecule has 0 unspecified atom stereocenters. The van der Waals surface area contributed by atoms with Crippen LogP contribution in [0, 0.1) is 5.82 Å². The lowest BCUT2D eigenvalue weighted by atomic mass is 9.99. The highest BCUT2D eigenvalue weighted by Gasteiger charge is 2.14. The summed E-state index contributed by atoms with van der Waals surface area (Å²) >= 11 is 0. The van der Waals surface area contributed by atoms with Gasteiger partial charge in [0.1, 0.15) is 5.82 Å². The molecule has 0 saturated heterocycles. The summed E-state index contributed by atoms with van der Waals surface area (Å²) in [5, 5.41) is 0. The predicted octanol–water partition coefficient (Wildman–Crippen LogP) is 5.08. The number of pyridine rings is 1. The van der Waals surface area contributed by atoms with E-state index in [1.165, 1.54) is 11.0 Å². The first-order valence-corrected chi connectivity index (χ1v) is 10.1. The number of aromatic nitrogens is 1. The standard InChI is InChI=1S/C25H25FN2O3/c1-4-24(30)28(2)20-12-13-21(22(26)16-20)17-7-9-18(10-8-17)23(29)14-11-19-6-5-15-27-25(19)31-3/h5-10,12-13,15-16H,4,11,14H2,1-3H3. The van der Waals surface area contributed by atoms with Crippen LogP contribution in [0.25, 0.3) is 11.1 Å². The van der Waals surface area contributed by atoms with Crippen molar-refractivity contribution in [3.05, 3.63) is 77.7 Å². The molecular weight excluding hydrogens is 395 g/mol. The minimum absolute atomic E-state index is 0.00650. The van der Waals surface area contributed by atoms with E-state index in [4.69, 9.17) is 4.74 Å². The van der Waals surface area contributed by atoms with Crippen molar-refractivity contribution in [2.24, 2.45) is 0 Å². The molecule has 160 valence electrons. The molecule has 0 aliphatic rings. The van der Waals surface area contributed by atoms with Crippen molar-refractivity contribution in [3.63, 3.8) is 0 Å². The number of aryl methyl sites for hydroxylation is 1. The Balaban J connectivity index is 1.71. The van der Waals surface area contributed by atoms with E-state index in [0.717, 1.165) is 5.56 Å². The maximum Gasteiger partial charge on any atom is 0.226 e. The SMILES string of the molecule is CCC(=O)N(C)c1ccc(-c2ccc(C(=O)CCc3cccnc3OC)cc2)c(F)c1. The number of nitrogens with zero attached hydrogens (tertiary/aromatic N) is 2. The van der Waals surface area contributed by atoms with Crippen molar-refractivity contribution in [1.29, 1.82) is 0 Å². The summed E-state index contributed by atoms with van der Waals surface area (Å²) < 4.78 is 19.9. The Hall–Kier alpha value is -3.54. The van der Waals surface area contributed by atoms with Gasteiger partial charge in [-0.1, -0.05) is 37.3 Å². The van der Waals surface area contributed by atoms with Gasteiger partial charge in [0.25, 0.3) is 0 Å². The van der Waals surface area contributed by atoms with Crippen molar-refractivity contribution in [1.82, 2.24) is 4.98 Å². The fourth-order valence-corrected chi connectivity index (χ4v) is 3.35. The topological polar surface area (TPSA) is 59.5 Å². The first kappa shape index (κ1) is 22.2. The summed E-state index contributed by atoms with van der Waals surface area (Å²) in [5.74, 6) is 0.0127. The van der Waals surface area contributed by atoms with Gasteiger partial charge >= 0.3 is 0 Å². The van der Waals surface area contributed by atoms with E-state index in [-0.39, 0.29) is 11.7 Å². The Morgan fingerprint density at radius 2 is 1.84 bits per heavy atom. The number of amides is 1. The predicted molar refractivity (Wildman–Crippen MR) is 119 cm³/mol. The lowest BCUT2D eigenvalue weighted by Gasteiger charge is -2.17. The minimum Gasteiger partial charge on any atom is -0.481 e. The first-order chi connectivity index (χ1) is 14.9. The van der Waals surface area contributed by atoms with Gasteiger partial charge in [-0.05, 0) is 36.2 Å². The van der Waals surface area contributed by atoms with Gasteiger partial charge < -0.3 is 9.64 Å². The number of carbonyl (C=O) groups is 2.